The van der Waals surface area contributed by atoms with Crippen molar-refractivity contribution in [2.45, 2.75) is 26.2 Å². The van der Waals surface area contributed by atoms with Crippen LogP contribution in [0.2, 0.25) is 0 Å². The lowest BCUT2D eigenvalue weighted by atomic mass is 9.93. The topological polar surface area (TPSA) is 138 Å². The molecule has 1 atom stereocenters. The molecule has 0 aliphatic heterocycles. The van der Waals surface area contributed by atoms with Crippen LogP contribution in [0.15, 0.2) is 60.1 Å². The maximum Gasteiger partial charge on any atom is 0.251 e. The van der Waals surface area contributed by atoms with E-state index < -0.39 is 0 Å². The Morgan fingerprint density at radius 1 is 1.44 bits per heavy atom. The van der Waals surface area contributed by atoms with Gasteiger partial charge >= 0.3 is 0 Å². The zero-order valence-electron chi connectivity index (χ0n) is 18.3. The van der Waals surface area contributed by atoms with Crippen LogP contribution in [0, 0.1) is 11.3 Å². The highest BCUT2D eigenvalue weighted by Crippen LogP contribution is 2.33. The summed E-state index contributed by atoms with van der Waals surface area (Å²) < 4.78 is 1.99. The van der Waals surface area contributed by atoms with Crippen LogP contribution in [0.3, 0.4) is 0 Å². The third-order valence-electron chi connectivity index (χ3n) is 5.34. The van der Waals surface area contributed by atoms with E-state index in [1.165, 1.54) is 12.3 Å². The fraction of sp³-hybridized carbons (Fsp3) is 0.304. The highest BCUT2D eigenvalue weighted by atomic mass is 16.1. The number of nitrogens with one attached hydrogen (secondary N) is 1. The van der Waals surface area contributed by atoms with Gasteiger partial charge in [0.1, 0.15) is 11.3 Å². The molecule has 2 heterocycles. The summed E-state index contributed by atoms with van der Waals surface area (Å²) in [7, 11) is 0. The number of imidazole rings is 1. The second kappa shape index (κ2) is 10.3. The molecule has 5 N–H and O–H groups in total. The molecular weight excluding hydrogens is 404 g/mol. The van der Waals surface area contributed by atoms with Crippen molar-refractivity contribution in [2.24, 2.45) is 5.73 Å². The Kier molecular flexibility index (Phi) is 7.29. The van der Waals surface area contributed by atoms with Gasteiger partial charge in [-0.2, -0.15) is 5.26 Å². The van der Waals surface area contributed by atoms with Crippen LogP contribution >= 0.6 is 0 Å². The molecule has 0 radical (unpaired) electrons. The molecule has 0 spiro atoms. The second-order valence-electron chi connectivity index (χ2n) is 7.20. The van der Waals surface area contributed by atoms with E-state index in [1.807, 2.05) is 28.8 Å². The summed E-state index contributed by atoms with van der Waals surface area (Å²) in [5.41, 5.74) is 14.1. The van der Waals surface area contributed by atoms with E-state index in [4.69, 9.17) is 21.7 Å². The summed E-state index contributed by atoms with van der Waals surface area (Å²) in [4.78, 5) is 23.8. The van der Waals surface area contributed by atoms with Gasteiger partial charge in [-0.25, -0.2) is 9.97 Å². The molecular formula is C23H28N8O. The van der Waals surface area contributed by atoms with Gasteiger partial charge < -0.3 is 21.7 Å². The molecule has 32 heavy (non-hydrogen) atoms. The van der Waals surface area contributed by atoms with Crippen molar-refractivity contribution >= 4 is 23.2 Å². The van der Waals surface area contributed by atoms with Crippen LogP contribution in [0.5, 0.6) is 0 Å². The highest BCUT2D eigenvalue weighted by Gasteiger charge is 2.24. The quantitative estimate of drug-likeness (QED) is 0.429. The van der Waals surface area contributed by atoms with E-state index in [0.29, 0.717) is 23.4 Å². The first kappa shape index (κ1) is 22.6. The van der Waals surface area contributed by atoms with Gasteiger partial charge in [-0.15, -0.1) is 0 Å². The number of amides is 1. The van der Waals surface area contributed by atoms with Crippen molar-refractivity contribution in [2.75, 3.05) is 30.3 Å². The lowest BCUT2D eigenvalue weighted by Crippen LogP contribution is -2.25. The maximum atomic E-state index is 12.5. The Bertz CT molecular complexity index is 1140. The molecule has 166 valence electrons. The molecule has 2 aromatic rings. The molecule has 0 aromatic carbocycles. The van der Waals surface area contributed by atoms with E-state index in [1.54, 1.807) is 18.3 Å². The Hall–Kier alpha value is -4.06. The van der Waals surface area contributed by atoms with Crippen molar-refractivity contribution < 1.29 is 4.79 Å². The summed E-state index contributed by atoms with van der Waals surface area (Å²) in [6.07, 6.45) is 14.2. The number of rotatable bonds is 8. The summed E-state index contributed by atoms with van der Waals surface area (Å²) in [5.74, 6) is 1.05. The number of carbonyl (C=O) groups is 1. The fourth-order valence-electron chi connectivity index (χ4n) is 3.67. The van der Waals surface area contributed by atoms with E-state index >= 15 is 0 Å². The van der Waals surface area contributed by atoms with Crippen molar-refractivity contribution in [3.8, 4) is 6.07 Å². The third kappa shape index (κ3) is 4.64. The molecule has 1 unspecified atom stereocenters. The molecule has 0 fully saturated rings. The minimum absolute atomic E-state index is 0.0165. The van der Waals surface area contributed by atoms with Gasteiger partial charge in [0.15, 0.2) is 0 Å². The first-order chi connectivity index (χ1) is 15.5. The number of nitrogen functional groups attached to an aromatic ring is 1. The number of aromatic nitrogens is 3. The van der Waals surface area contributed by atoms with E-state index in [9.17, 15) is 4.79 Å². The third-order valence-corrected chi connectivity index (χ3v) is 5.34. The minimum Gasteiger partial charge on any atom is -0.405 e. The molecule has 0 saturated heterocycles. The molecule has 3 rings (SSSR count). The number of nitriles is 1. The van der Waals surface area contributed by atoms with Gasteiger partial charge in [0.05, 0.1) is 17.3 Å². The number of nitrogens with two attached hydrogens (primary N) is 2. The number of anilines is 2. The number of hydrogen-bond donors (Lipinski definition) is 3. The molecule has 2 aromatic heterocycles. The first-order valence-corrected chi connectivity index (χ1v) is 10.6. The zero-order valence-corrected chi connectivity index (χ0v) is 18.3. The SMILES string of the molecule is CCN(CC)c1nc(C2C=CC(C(=O)NC/C=C(C#N)\C=C/N)=CC2)c2c(N)nccn12. The smallest absolute Gasteiger partial charge is 0.251 e. The predicted octanol–water partition coefficient (Wildman–Crippen LogP) is 2.17. The number of carbonyl (C=O) groups excluding carboxylic acids is 1. The average Bonchev–Trinajstić information content (AvgIpc) is 3.20. The van der Waals surface area contributed by atoms with Crippen LogP contribution in [0.25, 0.3) is 5.52 Å². The monoisotopic (exact) mass is 432 g/mol. The summed E-state index contributed by atoms with van der Waals surface area (Å²) in [6.45, 7) is 6.06. The van der Waals surface area contributed by atoms with Crippen LogP contribution in [0.1, 0.15) is 31.9 Å². The Labute approximate surface area is 187 Å². The Morgan fingerprint density at radius 3 is 2.84 bits per heavy atom. The van der Waals surface area contributed by atoms with Crippen LogP contribution in [-0.4, -0.2) is 39.9 Å². The number of hydrogen-bond acceptors (Lipinski definition) is 7. The molecule has 9 nitrogen and oxygen atoms in total. The van der Waals surface area contributed by atoms with Crippen LogP contribution in [-0.2, 0) is 4.79 Å². The van der Waals surface area contributed by atoms with Crippen molar-refractivity contribution in [1.29, 1.82) is 5.26 Å². The van der Waals surface area contributed by atoms with Crippen molar-refractivity contribution in [1.82, 2.24) is 19.7 Å². The Morgan fingerprint density at radius 2 is 2.22 bits per heavy atom. The molecule has 1 amide bonds. The van der Waals surface area contributed by atoms with Crippen molar-refractivity contribution in [3.05, 3.63) is 65.8 Å². The lowest BCUT2D eigenvalue weighted by molar-refractivity contribution is -0.117. The van der Waals surface area contributed by atoms with E-state index in [0.717, 1.165) is 30.2 Å². The molecule has 1 aliphatic carbocycles. The van der Waals surface area contributed by atoms with Gasteiger partial charge in [-0.1, -0.05) is 18.2 Å². The number of fused-ring (bicyclic) bond motifs is 1. The van der Waals surface area contributed by atoms with Gasteiger partial charge in [0.2, 0.25) is 5.95 Å². The normalized spacial score (nSPS) is 16.2. The number of allylic oxidation sites excluding steroid dienone is 4. The average molecular weight is 433 g/mol. The lowest BCUT2D eigenvalue weighted by Gasteiger charge is -2.18. The van der Waals surface area contributed by atoms with E-state index in [2.05, 4.69) is 29.0 Å². The predicted molar refractivity (Wildman–Crippen MR) is 126 cm³/mol. The molecule has 0 saturated carbocycles. The molecule has 9 heteroatoms. The van der Waals surface area contributed by atoms with Gasteiger partial charge in [0, 0.05) is 43.5 Å². The summed E-state index contributed by atoms with van der Waals surface area (Å²) >= 11 is 0. The minimum atomic E-state index is -0.204. The second-order valence-corrected chi connectivity index (χ2v) is 7.20. The molecule has 0 bridgehead atoms. The van der Waals surface area contributed by atoms with Gasteiger partial charge in [-0.05, 0) is 38.6 Å². The van der Waals surface area contributed by atoms with Gasteiger partial charge in [0.25, 0.3) is 5.91 Å². The van der Waals surface area contributed by atoms with Crippen LogP contribution < -0.4 is 21.7 Å². The standard InChI is InChI=1S/C23H28N8O/c1-3-30(4-2)23-29-19(20-21(26)27-13-14-31(20)23)17-5-7-18(8-6-17)22(32)28-12-10-16(15-25)9-11-24/h5,7-11,13-14,17H,3-4,6,12,24H2,1-2H3,(H2,26,27)(H,28,32)/b11-9-,16-10+. The highest BCUT2D eigenvalue weighted by molar-refractivity contribution is 5.96. The van der Waals surface area contributed by atoms with Gasteiger partial charge in [-0.3, -0.25) is 9.20 Å². The maximum absolute atomic E-state index is 12.5. The number of nitrogens with zero attached hydrogens (tertiary/aromatic N) is 5. The summed E-state index contributed by atoms with van der Waals surface area (Å²) in [5, 5.41) is 11.8. The van der Waals surface area contributed by atoms with Crippen LogP contribution in [0.4, 0.5) is 11.8 Å². The molecule has 1 aliphatic rings. The van der Waals surface area contributed by atoms with Crippen molar-refractivity contribution in [3.63, 3.8) is 0 Å². The first-order valence-electron chi connectivity index (χ1n) is 10.6. The largest absolute Gasteiger partial charge is 0.405 e. The summed E-state index contributed by atoms with van der Waals surface area (Å²) in [6, 6.07) is 2.00. The Balaban J connectivity index is 1.78. The fourth-order valence-corrected chi connectivity index (χ4v) is 3.67. The van der Waals surface area contributed by atoms with E-state index in [-0.39, 0.29) is 18.4 Å². The zero-order chi connectivity index (χ0) is 23.1.